The van der Waals surface area contributed by atoms with Crippen molar-refractivity contribution in [1.29, 1.82) is 0 Å². The van der Waals surface area contributed by atoms with E-state index in [1.807, 2.05) is 19.1 Å². The second kappa shape index (κ2) is 10.4. The third-order valence-corrected chi connectivity index (χ3v) is 6.53. The van der Waals surface area contributed by atoms with Crippen LogP contribution in [0.3, 0.4) is 0 Å². The molecule has 0 amide bonds. The summed E-state index contributed by atoms with van der Waals surface area (Å²) in [5, 5.41) is 0. The second-order valence-corrected chi connectivity index (χ2v) is 8.87. The van der Waals surface area contributed by atoms with E-state index in [2.05, 4.69) is 16.9 Å². The first-order valence-electron chi connectivity index (χ1n) is 11.5. The number of allylic oxidation sites excluding steroid dienone is 2. The first-order chi connectivity index (χ1) is 17.1. The third-order valence-electron chi connectivity index (χ3n) is 6.53. The molecule has 0 saturated heterocycles. The maximum Gasteiger partial charge on any atom is 0.429 e. The molecular formula is C28H23F7O. The van der Waals surface area contributed by atoms with E-state index in [0.717, 1.165) is 37.3 Å². The SMILES string of the molecule is CC=CC1CCC(c2ccc(-c3ccc(C(F)(F)Oc4cc(F)c(F)c(F)c4)c(F)c3F)cc2)CC1. The Kier molecular flexibility index (Phi) is 7.43. The smallest absolute Gasteiger partial charge is 0.429 e. The minimum atomic E-state index is -4.49. The molecule has 0 bridgehead atoms. The molecule has 1 aliphatic carbocycles. The number of alkyl halides is 2. The summed E-state index contributed by atoms with van der Waals surface area (Å²) in [7, 11) is 0. The molecule has 1 saturated carbocycles. The Morgan fingerprint density at radius 2 is 1.39 bits per heavy atom. The molecule has 0 N–H and O–H groups in total. The zero-order chi connectivity index (χ0) is 26.0. The maximum absolute atomic E-state index is 14.8. The van der Waals surface area contributed by atoms with Crippen LogP contribution in [0.5, 0.6) is 5.75 Å². The number of benzene rings is 3. The Bertz CT molecular complexity index is 1240. The minimum Gasteiger partial charge on any atom is -0.429 e. The molecule has 1 nitrogen and oxygen atoms in total. The topological polar surface area (TPSA) is 9.23 Å². The van der Waals surface area contributed by atoms with E-state index in [4.69, 9.17) is 0 Å². The molecule has 0 aliphatic heterocycles. The van der Waals surface area contributed by atoms with Gasteiger partial charge in [-0.1, -0.05) is 42.5 Å². The third kappa shape index (κ3) is 5.27. The summed E-state index contributed by atoms with van der Waals surface area (Å²) in [5.41, 5.74) is -0.317. The van der Waals surface area contributed by atoms with Gasteiger partial charge in [-0.05, 0) is 61.6 Å². The van der Waals surface area contributed by atoms with Gasteiger partial charge in [-0.25, -0.2) is 22.0 Å². The lowest BCUT2D eigenvalue weighted by Crippen LogP contribution is -2.24. The van der Waals surface area contributed by atoms with Crippen LogP contribution < -0.4 is 4.74 Å². The molecule has 0 spiro atoms. The number of halogens is 7. The fourth-order valence-electron chi connectivity index (χ4n) is 4.64. The van der Waals surface area contributed by atoms with E-state index in [1.54, 1.807) is 12.1 Å². The quantitative estimate of drug-likeness (QED) is 0.183. The zero-order valence-electron chi connectivity index (χ0n) is 19.3. The lowest BCUT2D eigenvalue weighted by molar-refractivity contribution is -0.187. The van der Waals surface area contributed by atoms with E-state index >= 15 is 0 Å². The van der Waals surface area contributed by atoms with Gasteiger partial charge in [0.15, 0.2) is 29.1 Å². The molecule has 0 unspecified atom stereocenters. The Labute approximate surface area is 204 Å². The molecule has 8 heteroatoms. The monoisotopic (exact) mass is 508 g/mol. The normalized spacial score (nSPS) is 18.6. The van der Waals surface area contributed by atoms with Gasteiger partial charge in [0.25, 0.3) is 0 Å². The molecule has 4 rings (SSSR count). The van der Waals surface area contributed by atoms with E-state index in [9.17, 15) is 30.7 Å². The predicted octanol–water partition coefficient (Wildman–Crippen LogP) is 9.03. The lowest BCUT2D eigenvalue weighted by Gasteiger charge is -2.27. The van der Waals surface area contributed by atoms with Crippen molar-refractivity contribution in [3.8, 4) is 16.9 Å². The second-order valence-electron chi connectivity index (χ2n) is 8.87. The van der Waals surface area contributed by atoms with Gasteiger partial charge in [0.2, 0.25) is 0 Å². The van der Waals surface area contributed by atoms with E-state index < -0.39 is 46.5 Å². The lowest BCUT2D eigenvalue weighted by atomic mass is 9.78. The van der Waals surface area contributed by atoms with Gasteiger partial charge in [-0.2, -0.15) is 8.78 Å². The van der Waals surface area contributed by atoms with Gasteiger partial charge in [0.1, 0.15) is 11.3 Å². The number of hydrogen-bond acceptors (Lipinski definition) is 1. The number of hydrogen-bond donors (Lipinski definition) is 0. The van der Waals surface area contributed by atoms with Crippen LogP contribution in [-0.2, 0) is 6.11 Å². The molecular weight excluding hydrogens is 485 g/mol. The molecule has 3 aromatic carbocycles. The van der Waals surface area contributed by atoms with Crippen molar-refractivity contribution in [1.82, 2.24) is 0 Å². The molecule has 0 aromatic heterocycles. The Balaban J connectivity index is 1.54. The Morgan fingerprint density at radius 1 is 0.778 bits per heavy atom. The molecule has 0 atom stereocenters. The molecule has 1 aliphatic rings. The van der Waals surface area contributed by atoms with Gasteiger partial charge in [0.05, 0.1) is 0 Å². The fraction of sp³-hybridized carbons (Fsp3) is 0.286. The first-order valence-corrected chi connectivity index (χ1v) is 11.5. The van der Waals surface area contributed by atoms with Crippen molar-refractivity contribution in [2.24, 2.45) is 5.92 Å². The van der Waals surface area contributed by atoms with Crippen molar-refractivity contribution in [3.63, 3.8) is 0 Å². The minimum absolute atomic E-state index is 0.184. The fourth-order valence-corrected chi connectivity index (χ4v) is 4.64. The molecule has 36 heavy (non-hydrogen) atoms. The molecule has 190 valence electrons. The summed E-state index contributed by atoms with van der Waals surface area (Å²) >= 11 is 0. The van der Waals surface area contributed by atoms with Gasteiger partial charge in [-0.3, -0.25) is 0 Å². The standard InChI is InChI=1S/C28H23F7O/c1-2-3-16-4-6-17(7-5-16)18-8-10-19(11-9-18)21-12-13-22(26(32)25(21)31)28(34,35)36-20-14-23(29)27(33)24(30)15-20/h2-3,8-17H,4-7H2,1H3. The van der Waals surface area contributed by atoms with Gasteiger partial charge >= 0.3 is 6.11 Å². The van der Waals surface area contributed by atoms with Crippen molar-refractivity contribution in [2.75, 3.05) is 0 Å². The first kappa shape index (κ1) is 25.8. The zero-order valence-corrected chi connectivity index (χ0v) is 19.3. The summed E-state index contributed by atoms with van der Waals surface area (Å²) < 4.78 is 103. The van der Waals surface area contributed by atoms with Gasteiger partial charge in [-0.15, -0.1) is 0 Å². The van der Waals surface area contributed by atoms with Crippen molar-refractivity contribution in [2.45, 2.75) is 44.6 Å². The highest BCUT2D eigenvalue weighted by Gasteiger charge is 2.40. The van der Waals surface area contributed by atoms with Crippen LogP contribution in [0.15, 0.2) is 60.7 Å². The summed E-state index contributed by atoms with van der Waals surface area (Å²) in [6.45, 7) is 2.00. The Morgan fingerprint density at radius 3 is 1.97 bits per heavy atom. The number of ether oxygens (including phenoxy) is 1. The van der Waals surface area contributed by atoms with Crippen LogP contribution in [0.25, 0.3) is 11.1 Å². The largest absolute Gasteiger partial charge is 0.429 e. The van der Waals surface area contributed by atoms with Crippen LogP contribution in [0.4, 0.5) is 30.7 Å². The highest BCUT2D eigenvalue weighted by Crippen LogP contribution is 2.39. The highest BCUT2D eigenvalue weighted by molar-refractivity contribution is 5.65. The summed E-state index contributed by atoms with van der Waals surface area (Å²) in [4.78, 5) is 0. The van der Waals surface area contributed by atoms with Crippen LogP contribution in [-0.4, -0.2) is 0 Å². The maximum atomic E-state index is 14.8. The molecule has 3 aromatic rings. The summed E-state index contributed by atoms with van der Waals surface area (Å²) in [6, 6.07) is 8.88. The van der Waals surface area contributed by atoms with Crippen molar-refractivity contribution >= 4 is 0 Å². The average Bonchev–Trinajstić information content (AvgIpc) is 2.84. The predicted molar refractivity (Wildman–Crippen MR) is 122 cm³/mol. The van der Waals surface area contributed by atoms with Crippen LogP contribution in [0.1, 0.15) is 49.7 Å². The van der Waals surface area contributed by atoms with Crippen LogP contribution in [0.2, 0.25) is 0 Å². The Hall–Kier alpha value is -3.29. The highest BCUT2D eigenvalue weighted by atomic mass is 19.3. The van der Waals surface area contributed by atoms with E-state index in [1.165, 1.54) is 0 Å². The number of rotatable bonds is 6. The van der Waals surface area contributed by atoms with Crippen molar-refractivity contribution in [3.05, 3.63) is 101 Å². The van der Waals surface area contributed by atoms with E-state index in [-0.39, 0.29) is 17.7 Å². The molecule has 0 radical (unpaired) electrons. The van der Waals surface area contributed by atoms with E-state index in [0.29, 0.717) is 23.5 Å². The molecule has 1 fully saturated rings. The average molecular weight is 508 g/mol. The van der Waals surface area contributed by atoms with Crippen LogP contribution >= 0.6 is 0 Å². The van der Waals surface area contributed by atoms with Crippen molar-refractivity contribution < 1.29 is 35.5 Å². The summed E-state index contributed by atoms with van der Waals surface area (Å²) in [6.07, 6.45) is 3.97. The summed E-state index contributed by atoms with van der Waals surface area (Å²) in [5.74, 6) is -8.95. The van der Waals surface area contributed by atoms with Gasteiger partial charge in [0, 0.05) is 17.7 Å². The molecule has 0 heterocycles. The van der Waals surface area contributed by atoms with Crippen LogP contribution in [0, 0.1) is 35.0 Å². The van der Waals surface area contributed by atoms with Gasteiger partial charge < -0.3 is 4.74 Å².